The molecule has 0 bridgehead atoms. The average molecular weight is 372 g/mol. The SMILES string of the molecule is CCCOc1cc(-c2nc([C@@H]3COB(O)C3)cc([C@H](C)O)n2)ccc1OC. The summed E-state index contributed by atoms with van der Waals surface area (Å²) in [5.41, 5.74) is 2.05. The van der Waals surface area contributed by atoms with Crippen LogP contribution >= 0.6 is 0 Å². The molecule has 2 heterocycles. The summed E-state index contributed by atoms with van der Waals surface area (Å²) in [4.78, 5) is 9.18. The van der Waals surface area contributed by atoms with E-state index >= 15 is 0 Å². The first-order valence-corrected chi connectivity index (χ1v) is 9.19. The predicted molar refractivity (Wildman–Crippen MR) is 102 cm³/mol. The third kappa shape index (κ3) is 4.58. The van der Waals surface area contributed by atoms with Crippen LogP contribution in [0.15, 0.2) is 24.3 Å². The summed E-state index contributed by atoms with van der Waals surface area (Å²) in [7, 11) is 0.820. The van der Waals surface area contributed by atoms with E-state index in [1.54, 1.807) is 20.1 Å². The van der Waals surface area contributed by atoms with E-state index in [-0.39, 0.29) is 5.92 Å². The Bertz CT molecular complexity index is 787. The first-order chi connectivity index (χ1) is 13.0. The zero-order chi connectivity index (χ0) is 19.4. The predicted octanol–water partition coefficient (Wildman–Crippen LogP) is 2.59. The Morgan fingerprint density at radius 3 is 2.74 bits per heavy atom. The van der Waals surface area contributed by atoms with Crippen LogP contribution in [0.4, 0.5) is 0 Å². The molecule has 0 amide bonds. The summed E-state index contributed by atoms with van der Waals surface area (Å²) in [6.45, 7) is 4.68. The van der Waals surface area contributed by atoms with E-state index in [4.69, 9.17) is 14.1 Å². The van der Waals surface area contributed by atoms with Crippen molar-refractivity contribution in [2.24, 2.45) is 0 Å². The number of aromatic nitrogens is 2. The van der Waals surface area contributed by atoms with Gasteiger partial charge in [0.15, 0.2) is 17.3 Å². The Morgan fingerprint density at radius 1 is 1.30 bits per heavy atom. The highest BCUT2D eigenvalue weighted by Gasteiger charge is 2.31. The molecule has 2 N–H and O–H groups in total. The molecule has 0 spiro atoms. The molecule has 0 unspecified atom stereocenters. The second-order valence-corrected chi connectivity index (χ2v) is 6.65. The topological polar surface area (TPSA) is 93.9 Å². The van der Waals surface area contributed by atoms with Crippen molar-refractivity contribution in [1.82, 2.24) is 9.97 Å². The van der Waals surface area contributed by atoms with Gasteiger partial charge in [-0.2, -0.15) is 0 Å². The molecule has 27 heavy (non-hydrogen) atoms. The van der Waals surface area contributed by atoms with Crippen molar-refractivity contribution in [3.8, 4) is 22.9 Å². The second kappa shape index (κ2) is 8.69. The van der Waals surface area contributed by atoms with Gasteiger partial charge in [0.25, 0.3) is 0 Å². The lowest BCUT2D eigenvalue weighted by Gasteiger charge is -2.15. The molecule has 1 aliphatic heterocycles. The van der Waals surface area contributed by atoms with E-state index in [1.807, 2.05) is 25.1 Å². The van der Waals surface area contributed by atoms with Crippen LogP contribution in [0, 0.1) is 0 Å². The lowest BCUT2D eigenvalue weighted by Crippen LogP contribution is -2.09. The maximum atomic E-state index is 10.1. The van der Waals surface area contributed by atoms with E-state index in [1.165, 1.54) is 0 Å². The molecule has 1 aromatic heterocycles. The van der Waals surface area contributed by atoms with Gasteiger partial charge in [-0.1, -0.05) is 6.92 Å². The Labute approximate surface area is 159 Å². The van der Waals surface area contributed by atoms with Crippen LogP contribution in [0.2, 0.25) is 6.32 Å². The fraction of sp³-hybridized carbons (Fsp3) is 0.474. The van der Waals surface area contributed by atoms with Crippen LogP contribution in [0.5, 0.6) is 11.5 Å². The van der Waals surface area contributed by atoms with Gasteiger partial charge in [0.2, 0.25) is 0 Å². The number of aliphatic hydroxyl groups is 1. The van der Waals surface area contributed by atoms with Crippen LogP contribution in [-0.4, -0.2) is 47.5 Å². The summed E-state index contributed by atoms with van der Waals surface area (Å²) in [6, 6.07) is 7.31. The fourth-order valence-corrected chi connectivity index (χ4v) is 2.99. The number of nitrogens with zero attached hydrogens (tertiary/aromatic N) is 2. The van der Waals surface area contributed by atoms with E-state index in [9.17, 15) is 10.1 Å². The van der Waals surface area contributed by atoms with E-state index in [2.05, 4.69) is 9.97 Å². The Kier molecular flexibility index (Phi) is 6.31. The number of aliphatic hydroxyl groups excluding tert-OH is 1. The van der Waals surface area contributed by atoms with Crippen LogP contribution in [0.25, 0.3) is 11.4 Å². The molecule has 2 atom stereocenters. The van der Waals surface area contributed by atoms with Crippen LogP contribution < -0.4 is 9.47 Å². The van der Waals surface area contributed by atoms with Crippen molar-refractivity contribution in [3.05, 3.63) is 35.7 Å². The molecular formula is C19H25BN2O5. The highest BCUT2D eigenvalue weighted by atomic mass is 16.5. The number of hydrogen-bond acceptors (Lipinski definition) is 7. The van der Waals surface area contributed by atoms with Gasteiger partial charge in [0, 0.05) is 23.8 Å². The zero-order valence-electron chi connectivity index (χ0n) is 15.9. The summed E-state index contributed by atoms with van der Waals surface area (Å²) in [6.07, 6.45) is 0.630. The van der Waals surface area contributed by atoms with Gasteiger partial charge in [-0.15, -0.1) is 0 Å². The molecular weight excluding hydrogens is 347 g/mol. The lowest BCUT2D eigenvalue weighted by atomic mass is 9.81. The maximum Gasteiger partial charge on any atom is 0.454 e. The van der Waals surface area contributed by atoms with Crippen molar-refractivity contribution in [3.63, 3.8) is 0 Å². The molecule has 1 aliphatic rings. The van der Waals surface area contributed by atoms with Gasteiger partial charge in [-0.25, -0.2) is 9.97 Å². The van der Waals surface area contributed by atoms with E-state index < -0.39 is 13.2 Å². The van der Waals surface area contributed by atoms with Gasteiger partial charge < -0.3 is 24.3 Å². The summed E-state index contributed by atoms with van der Waals surface area (Å²) >= 11 is 0. The zero-order valence-corrected chi connectivity index (χ0v) is 15.9. The van der Waals surface area contributed by atoms with Gasteiger partial charge in [-0.05, 0) is 43.9 Å². The third-order valence-corrected chi connectivity index (χ3v) is 4.47. The molecule has 0 saturated carbocycles. The normalized spacial score (nSPS) is 17.8. The number of hydrogen-bond donors (Lipinski definition) is 2. The summed E-state index contributed by atoms with van der Waals surface area (Å²) in [5, 5.41) is 19.7. The molecule has 3 rings (SSSR count). The second-order valence-electron chi connectivity index (χ2n) is 6.65. The molecule has 0 radical (unpaired) electrons. The highest BCUT2D eigenvalue weighted by Crippen LogP contribution is 2.34. The standard InChI is InChI=1S/C19H25BN2O5/c1-4-7-26-18-8-13(5-6-17(18)25-3)19-21-15(12(2)23)9-16(22-19)14-10-20(24)27-11-14/h5-6,8-9,12,14,23-24H,4,7,10-11H2,1-3H3/t12-,14-/m0/s1. The Hall–Kier alpha value is -2.16. The molecule has 1 fully saturated rings. The monoisotopic (exact) mass is 372 g/mol. The largest absolute Gasteiger partial charge is 0.493 e. The number of benzene rings is 1. The van der Waals surface area contributed by atoms with Crippen molar-refractivity contribution in [1.29, 1.82) is 0 Å². The highest BCUT2D eigenvalue weighted by molar-refractivity contribution is 6.43. The van der Waals surface area contributed by atoms with Crippen LogP contribution in [-0.2, 0) is 4.65 Å². The van der Waals surface area contributed by atoms with Crippen LogP contribution in [0.1, 0.15) is 43.7 Å². The molecule has 144 valence electrons. The van der Waals surface area contributed by atoms with E-state index in [0.717, 1.165) is 17.7 Å². The van der Waals surface area contributed by atoms with E-state index in [0.29, 0.717) is 42.6 Å². The van der Waals surface area contributed by atoms with Crippen molar-refractivity contribution in [2.45, 2.75) is 38.6 Å². The number of methoxy groups -OCH3 is 1. The van der Waals surface area contributed by atoms with Crippen LogP contribution in [0.3, 0.4) is 0 Å². The molecule has 0 aliphatic carbocycles. The maximum absolute atomic E-state index is 10.1. The van der Waals surface area contributed by atoms with Crippen molar-refractivity contribution < 1.29 is 24.3 Å². The van der Waals surface area contributed by atoms with Crippen molar-refractivity contribution in [2.75, 3.05) is 20.3 Å². The molecule has 1 aromatic carbocycles. The minimum absolute atomic E-state index is 0.0340. The van der Waals surface area contributed by atoms with Gasteiger partial charge in [-0.3, -0.25) is 0 Å². The van der Waals surface area contributed by atoms with Crippen molar-refractivity contribution >= 4 is 7.12 Å². The molecule has 1 saturated heterocycles. The fourth-order valence-electron chi connectivity index (χ4n) is 2.99. The minimum atomic E-state index is -0.779. The molecule has 8 heteroatoms. The first kappa shape index (κ1) is 19.6. The third-order valence-electron chi connectivity index (χ3n) is 4.47. The summed E-state index contributed by atoms with van der Waals surface area (Å²) < 4.78 is 16.4. The Morgan fingerprint density at radius 2 is 2.11 bits per heavy atom. The van der Waals surface area contributed by atoms with Gasteiger partial charge in [0.1, 0.15) is 0 Å². The quantitative estimate of drug-likeness (QED) is 0.722. The average Bonchev–Trinajstić information content (AvgIpc) is 3.12. The number of ether oxygens (including phenoxy) is 2. The van der Waals surface area contributed by atoms with Gasteiger partial charge in [0.05, 0.1) is 25.5 Å². The summed E-state index contributed by atoms with van der Waals surface area (Å²) in [5.74, 6) is 1.73. The number of rotatable bonds is 7. The first-order valence-electron chi connectivity index (χ1n) is 9.19. The molecule has 2 aromatic rings. The van der Waals surface area contributed by atoms with Gasteiger partial charge >= 0.3 is 7.12 Å². The molecule has 7 nitrogen and oxygen atoms in total. The lowest BCUT2D eigenvalue weighted by molar-refractivity contribution is 0.194. The smallest absolute Gasteiger partial charge is 0.454 e. The minimum Gasteiger partial charge on any atom is -0.493 e. The Balaban J connectivity index is 2.01.